The lowest BCUT2D eigenvalue weighted by Gasteiger charge is -2.32. The van der Waals surface area contributed by atoms with E-state index in [0.717, 1.165) is 55.7 Å². The average molecular weight is 451 g/mol. The molecule has 2 aromatic rings. The number of nitrogens with one attached hydrogen (secondary N) is 1. The molecule has 2 N–H and O–H groups in total. The average Bonchev–Trinajstić information content (AvgIpc) is 3.31. The Bertz CT molecular complexity index is 954. The minimum atomic E-state index is -0.915. The Kier molecular flexibility index (Phi) is 8.05. The number of ether oxygens (including phenoxy) is 1. The van der Waals surface area contributed by atoms with Crippen molar-refractivity contribution in [3.05, 3.63) is 71.3 Å². The molecule has 0 spiro atoms. The largest absolute Gasteiger partial charge is 0.480 e. The highest BCUT2D eigenvalue weighted by Gasteiger charge is 2.27. The van der Waals surface area contributed by atoms with E-state index in [1.807, 2.05) is 36.5 Å². The number of aliphatic carboxylic acids is 1. The predicted molar refractivity (Wildman–Crippen MR) is 126 cm³/mol. The molecule has 8 nitrogen and oxygen atoms in total. The predicted octanol–water partition coefficient (Wildman–Crippen LogP) is 2.87. The van der Waals surface area contributed by atoms with Gasteiger partial charge >= 0.3 is 5.97 Å². The van der Waals surface area contributed by atoms with E-state index in [-0.39, 0.29) is 18.8 Å². The smallest absolute Gasteiger partial charge is 0.329 e. The van der Waals surface area contributed by atoms with Gasteiger partial charge in [-0.2, -0.15) is 5.10 Å². The van der Waals surface area contributed by atoms with Gasteiger partial charge in [0.15, 0.2) is 0 Å². The molecule has 1 atom stereocenters. The van der Waals surface area contributed by atoms with Crippen LogP contribution in [0.5, 0.6) is 0 Å². The van der Waals surface area contributed by atoms with E-state index in [9.17, 15) is 4.79 Å². The van der Waals surface area contributed by atoms with Crippen molar-refractivity contribution in [3.8, 4) is 0 Å². The van der Waals surface area contributed by atoms with Gasteiger partial charge in [0.2, 0.25) is 0 Å². The monoisotopic (exact) mass is 450 g/mol. The number of oxime groups is 1. The minimum Gasteiger partial charge on any atom is -0.480 e. The number of carbonyl (C=O) groups is 1. The summed E-state index contributed by atoms with van der Waals surface area (Å²) in [5.74, 6) is -0.915. The Morgan fingerprint density at radius 1 is 1.18 bits per heavy atom. The van der Waals surface area contributed by atoms with Crippen LogP contribution in [0.2, 0.25) is 0 Å². The number of hydrogen-bond donors (Lipinski definition) is 2. The third kappa shape index (κ3) is 7.13. The molecule has 0 amide bonds. The van der Waals surface area contributed by atoms with Crippen LogP contribution in [0.4, 0.5) is 0 Å². The van der Waals surface area contributed by atoms with Crippen molar-refractivity contribution in [1.82, 2.24) is 10.3 Å². The van der Waals surface area contributed by atoms with Gasteiger partial charge in [0.25, 0.3) is 0 Å². The number of nitrogens with zero attached hydrogens (tertiary/aromatic N) is 3. The molecule has 0 bridgehead atoms. The Morgan fingerprint density at radius 3 is 2.67 bits per heavy atom. The van der Waals surface area contributed by atoms with Gasteiger partial charge < -0.3 is 20.1 Å². The van der Waals surface area contributed by atoms with E-state index in [4.69, 9.17) is 14.7 Å². The molecule has 2 aromatic carbocycles. The van der Waals surface area contributed by atoms with Crippen molar-refractivity contribution in [1.29, 1.82) is 0 Å². The molecule has 0 radical (unpaired) electrons. The third-order valence-corrected chi connectivity index (χ3v) is 5.85. The van der Waals surface area contributed by atoms with Crippen LogP contribution in [0.3, 0.4) is 0 Å². The standard InChI is InChI=1S/C25H30N4O4/c30-25(31)18-32-22-10-12-29(13-11-22)17-23-14-24(28-33-23)21-8-6-20(7-9-21)16-27-26-15-19-4-2-1-3-5-19/h1-9,16,22-23,26H,10-15,17-18H2,(H,30,31). The lowest BCUT2D eigenvalue weighted by Crippen LogP contribution is -2.41. The minimum absolute atomic E-state index is 0.0317. The molecule has 2 aliphatic heterocycles. The first kappa shape index (κ1) is 22.9. The van der Waals surface area contributed by atoms with Crippen LogP contribution in [0, 0.1) is 0 Å². The molecule has 1 unspecified atom stereocenters. The highest BCUT2D eigenvalue weighted by atomic mass is 16.6. The highest BCUT2D eigenvalue weighted by molar-refractivity contribution is 6.01. The van der Waals surface area contributed by atoms with E-state index in [0.29, 0.717) is 6.54 Å². The van der Waals surface area contributed by atoms with E-state index in [1.165, 1.54) is 5.56 Å². The zero-order valence-electron chi connectivity index (χ0n) is 18.6. The number of carboxylic acid groups (broad SMARTS) is 1. The van der Waals surface area contributed by atoms with E-state index >= 15 is 0 Å². The summed E-state index contributed by atoms with van der Waals surface area (Å²) in [7, 11) is 0. The quantitative estimate of drug-likeness (QED) is 0.427. The molecule has 0 aliphatic carbocycles. The van der Waals surface area contributed by atoms with E-state index in [2.05, 4.69) is 44.8 Å². The summed E-state index contributed by atoms with van der Waals surface area (Å²) in [6.07, 6.45) is 4.35. The molecule has 0 aromatic heterocycles. The molecule has 33 heavy (non-hydrogen) atoms. The lowest BCUT2D eigenvalue weighted by molar-refractivity contribution is -0.145. The van der Waals surface area contributed by atoms with Crippen LogP contribution in [0.1, 0.15) is 36.0 Å². The van der Waals surface area contributed by atoms with Gasteiger partial charge in [-0.15, -0.1) is 0 Å². The summed E-state index contributed by atoms with van der Waals surface area (Å²) in [5, 5.41) is 17.3. The summed E-state index contributed by atoms with van der Waals surface area (Å²) in [6, 6.07) is 18.3. The number of benzene rings is 2. The van der Waals surface area contributed by atoms with Crippen molar-refractivity contribution in [2.75, 3.05) is 26.2 Å². The number of piperidine rings is 1. The SMILES string of the molecule is O=C(O)COC1CCN(CC2CC(c3ccc(C=NNCc4ccccc4)cc3)=NO2)CC1. The molecular formula is C25H30N4O4. The van der Waals surface area contributed by atoms with Gasteiger partial charge in [-0.25, -0.2) is 4.79 Å². The molecule has 0 saturated carbocycles. The van der Waals surface area contributed by atoms with Crippen molar-refractivity contribution in [3.63, 3.8) is 0 Å². The number of carboxylic acids is 1. The van der Waals surface area contributed by atoms with Gasteiger partial charge in [0.1, 0.15) is 12.7 Å². The van der Waals surface area contributed by atoms with Crippen LogP contribution in [-0.2, 0) is 20.9 Å². The van der Waals surface area contributed by atoms with Gasteiger partial charge in [-0.1, -0.05) is 59.8 Å². The summed E-state index contributed by atoms with van der Waals surface area (Å²) in [4.78, 5) is 18.7. The number of hydrazone groups is 1. The lowest BCUT2D eigenvalue weighted by atomic mass is 10.0. The van der Waals surface area contributed by atoms with Gasteiger partial charge in [0, 0.05) is 26.1 Å². The summed E-state index contributed by atoms with van der Waals surface area (Å²) < 4.78 is 5.41. The maximum Gasteiger partial charge on any atom is 0.329 e. The first-order chi connectivity index (χ1) is 16.2. The van der Waals surface area contributed by atoms with Crippen LogP contribution in [0.25, 0.3) is 0 Å². The second kappa shape index (κ2) is 11.6. The molecule has 1 fully saturated rings. The van der Waals surface area contributed by atoms with Crippen molar-refractivity contribution in [2.45, 2.75) is 38.0 Å². The number of likely N-dealkylation sites (tertiary alicyclic amines) is 1. The molecule has 2 aliphatic rings. The van der Waals surface area contributed by atoms with Crippen molar-refractivity contribution in [2.24, 2.45) is 10.3 Å². The molecule has 8 heteroatoms. The molecule has 174 valence electrons. The normalized spacial score (nSPS) is 19.4. The van der Waals surface area contributed by atoms with Gasteiger partial charge in [0.05, 0.1) is 24.6 Å². The molecular weight excluding hydrogens is 420 g/mol. The van der Waals surface area contributed by atoms with E-state index in [1.54, 1.807) is 0 Å². The van der Waals surface area contributed by atoms with Gasteiger partial charge in [-0.3, -0.25) is 4.90 Å². The Morgan fingerprint density at radius 2 is 1.94 bits per heavy atom. The van der Waals surface area contributed by atoms with Gasteiger partial charge in [-0.05, 0) is 29.5 Å². The first-order valence-corrected chi connectivity index (χ1v) is 11.3. The summed E-state index contributed by atoms with van der Waals surface area (Å²) in [5.41, 5.74) is 7.30. The fourth-order valence-corrected chi connectivity index (χ4v) is 4.05. The van der Waals surface area contributed by atoms with Crippen LogP contribution in [-0.4, -0.2) is 66.4 Å². The number of hydrogen-bond acceptors (Lipinski definition) is 7. The van der Waals surface area contributed by atoms with Crippen LogP contribution >= 0.6 is 0 Å². The molecule has 4 rings (SSSR count). The maximum atomic E-state index is 10.6. The first-order valence-electron chi connectivity index (χ1n) is 11.3. The zero-order valence-corrected chi connectivity index (χ0v) is 18.6. The fraction of sp³-hybridized carbons (Fsp3) is 0.400. The third-order valence-electron chi connectivity index (χ3n) is 5.85. The second-order valence-corrected chi connectivity index (χ2v) is 8.37. The van der Waals surface area contributed by atoms with Crippen LogP contribution < -0.4 is 5.43 Å². The maximum absolute atomic E-state index is 10.6. The molecule has 1 saturated heterocycles. The van der Waals surface area contributed by atoms with Crippen molar-refractivity contribution >= 4 is 17.9 Å². The summed E-state index contributed by atoms with van der Waals surface area (Å²) in [6.45, 7) is 3.05. The fourth-order valence-electron chi connectivity index (χ4n) is 4.05. The summed E-state index contributed by atoms with van der Waals surface area (Å²) >= 11 is 0. The zero-order chi connectivity index (χ0) is 22.9. The van der Waals surface area contributed by atoms with Crippen LogP contribution in [0.15, 0.2) is 64.9 Å². The highest BCUT2D eigenvalue weighted by Crippen LogP contribution is 2.20. The van der Waals surface area contributed by atoms with E-state index < -0.39 is 5.97 Å². The topological polar surface area (TPSA) is 95.8 Å². The Balaban J connectivity index is 1.18. The second-order valence-electron chi connectivity index (χ2n) is 8.37. The molecule has 2 heterocycles. The Labute approximate surface area is 193 Å². The Hall–Kier alpha value is -3.23. The van der Waals surface area contributed by atoms with Crippen molar-refractivity contribution < 1.29 is 19.5 Å². The number of rotatable bonds is 10.